The molecule has 3 aliphatic carbocycles. The summed E-state index contributed by atoms with van der Waals surface area (Å²) in [5.41, 5.74) is 6.88. The van der Waals surface area contributed by atoms with Gasteiger partial charge in [0.2, 0.25) is 5.91 Å². The number of carboxylic acids is 1. The number of amides is 2. The van der Waals surface area contributed by atoms with Crippen LogP contribution in [-0.4, -0.2) is 45.8 Å². The number of hydrogen-bond donors (Lipinski definition) is 1. The molecule has 2 amide bonds. The molecule has 2 heterocycles. The van der Waals surface area contributed by atoms with Gasteiger partial charge in [0.25, 0.3) is 5.91 Å². The molecule has 0 radical (unpaired) electrons. The lowest BCUT2D eigenvalue weighted by molar-refractivity contribution is -0.153. The second kappa shape index (κ2) is 12.3. The fraction of sp³-hybridized carbons (Fsp3) is 0.605. The van der Waals surface area contributed by atoms with Crippen molar-refractivity contribution in [2.24, 2.45) is 23.7 Å². The Morgan fingerprint density at radius 1 is 0.864 bits per heavy atom. The smallest absolute Gasteiger partial charge is 0.307 e. The van der Waals surface area contributed by atoms with Gasteiger partial charge < -0.3 is 14.9 Å². The molecular weight excluding hydrogens is 548 g/mol. The van der Waals surface area contributed by atoms with Crippen molar-refractivity contribution in [1.82, 2.24) is 9.80 Å². The highest BCUT2D eigenvalue weighted by molar-refractivity contribution is 5.98. The van der Waals surface area contributed by atoms with Crippen molar-refractivity contribution in [2.45, 2.75) is 109 Å². The maximum absolute atomic E-state index is 14.1. The molecular formula is C38H48N2O4. The van der Waals surface area contributed by atoms with Crippen molar-refractivity contribution in [3.05, 3.63) is 69.8 Å². The third kappa shape index (κ3) is 5.47. The zero-order chi connectivity index (χ0) is 30.4. The first-order valence-corrected chi connectivity index (χ1v) is 17.4. The maximum Gasteiger partial charge on any atom is 0.307 e. The third-order valence-electron chi connectivity index (χ3n) is 12.2. The van der Waals surface area contributed by atoms with Crippen LogP contribution in [0.4, 0.5) is 0 Å². The summed E-state index contributed by atoms with van der Waals surface area (Å²) in [4.78, 5) is 43.9. The molecule has 234 valence electrons. The van der Waals surface area contributed by atoms with Crippen LogP contribution in [0.25, 0.3) is 0 Å². The average Bonchev–Trinajstić information content (AvgIpc) is 3.69. The van der Waals surface area contributed by atoms with E-state index in [1.165, 1.54) is 68.1 Å². The molecule has 0 saturated heterocycles. The number of benzene rings is 2. The summed E-state index contributed by atoms with van der Waals surface area (Å²) in [5.74, 6) is 0.469. The van der Waals surface area contributed by atoms with E-state index in [1.54, 1.807) is 0 Å². The van der Waals surface area contributed by atoms with Crippen LogP contribution < -0.4 is 0 Å². The molecule has 7 rings (SSSR count). The van der Waals surface area contributed by atoms with Crippen molar-refractivity contribution >= 4 is 17.8 Å². The molecule has 6 heteroatoms. The number of carbonyl (C=O) groups is 3. The van der Waals surface area contributed by atoms with Crippen LogP contribution in [0.2, 0.25) is 0 Å². The minimum Gasteiger partial charge on any atom is -0.481 e. The van der Waals surface area contributed by atoms with Crippen LogP contribution in [0, 0.1) is 30.6 Å². The maximum atomic E-state index is 14.1. The van der Waals surface area contributed by atoms with Crippen molar-refractivity contribution in [3.8, 4) is 0 Å². The molecule has 3 fully saturated rings. The van der Waals surface area contributed by atoms with Gasteiger partial charge in [0.1, 0.15) is 0 Å². The minimum absolute atomic E-state index is 0.0461. The fourth-order valence-corrected chi connectivity index (χ4v) is 9.69. The van der Waals surface area contributed by atoms with Gasteiger partial charge in [-0.3, -0.25) is 14.4 Å². The van der Waals surface area contributed by atoms with Gasteiger partial charge in [-0.2, -0.15) is 0 Å². The predicted octanol–water partition coefficient (Wildman–Crippen LogP) is 7.43. The summed E-state index contributed by atoms with van der Waals surface area (Å²) < 4.78 is 0. The molecule has 2 aromatic rings. The largest absolute Gasteiger partial charge is 0.481 e. The highest BCUT2D eigenvalue weighted by Gasteiger charge is 2.43. The van der Waals surface area contributed by atoms with Gasteiger partial charge in [0.15, 0.2) is 0 Å². The standard InChI is InChI=1S/C38H48N2O4/c1-24-7-6-12-32-30(24)19-20-40(37(42)33-10-4-5-11-34(33)38(43)44)35(32)23-39-22-29-21-28(17-18-31(29)36(39)41)27-15-13-26(14-16-27)25-8-2-3-9-25/h6-7,12,17-18,21,25-27,33-35H,2-5,8-11,13-16,19-20,22-23H2,1H3,(H,43,44)/t26?,27?,33-,34+,35?/m1/s1. The Kier molecular flexibility index (Phi) is 8.28. The van der Waals surface area contributed by atoms with E-state index >= 15 is 0 Å². The lowest BCUT2D eigenvalue weighted by atomic mass is 9.73. The van der Waals surface area contributed by atoms with Gasteiger partial charge in [-0.25, -0.2) is 0 Å². The van der Waals surface area contributed by atoms with E-state index in [0.717, 1.165) is 47.8 Å². The SMILES string of the molecule is Cc1cccc2c1CCN(C(=O)[C@@H]1CCCC[C@@H]1C(=O)O)C2CN1Cc2cc(C3CCC(C4CCCC4)CC3)ccc2C1=O. The number of hydrogen-bond acceptors (Lipinski definition) is 3. The summed E-state index contributed by atoms with van der Waals surface area (Å²) in [6.07, 6.45) is 14.6. The zero-order valence-electron chi connectivity index (χ0n) is 26.3. The van der Waals surface area contributed by atoms with E-state index in [2.05, 4.69) is 37.3 Å². The Bertz CT molecular complexity index is 1420. The van der Waals surface area contributed by atoms with Crippen molar-refractivity contribution in [1.29, 1.82) is 0 Å². The van der Waals surface area contributed by atoms with Gasteiger partial charge in [-0.05, 0) is 104 Å². The summed E-state index contributed by atoms with van der Waals surface area (Å²) in [5, 5.41) is 9.94. The summed E-state index contributed by atoms with van der Waals surface area (Å²) >= 11 is 0. The van der Waals surface area contributed by atoms with E-state index in [1.807, 2.05) is 15.9 Å². The summed E-state index contributed by atoms with van der Waals surface area (Å²) in [6.45, 7) is 3.68. The average molecular weight is 597 g/mol. The molecule has 0 aromatic heterocycles. The number of carboxylic acid groups (broad SMARTS) is 1. The number of aryl methyl sites for hydroxylation is 1. The van der Waals surface area contributed by atoms with E-state index in [0.29, 0.717) is 38.4 Å². The fourth-order valence-electron chi connectivity index (χ4n) is 9.69. The van der Waals surface area contributed by atoms with Crippen molar-refractivity contribution in [2.75, 3.05) is 13.1 Å². The van der Waals surface area contributed by atoms with Crippen LogP contribution >= 0.6 is 0 Å². The molecule has 6 nitrogen and oxygen atoms in total. The third-order valence-corrected chi connectivity index (χ3v) is 12.2. The predicted molar refractivity (Wildman–Crippen MR) is 170 cm³/mol. The van der Waals surface area contributed by atoms with Crippen LogP contribution in [0.3, 0.4) is 0 Å². The summed E-state index contributed by atoms with van der Waals surface area (Å²) in [6, 6.07) is 12.6. The van der Waals surface area contributed by atoms with Crippen LogP contribution in [0.1, 0.15) is 127 Å². The molecule has 3 saturated carbocycles. The van der Waals surface area contributed by atoms with Gasteiger partial charge in [0, 0.05) is 25.2 Å². The van der Waals surface area contributed by atoms with Gasteiger partial charge in [-0.1, -0.05) is 68.9 Å². The Morgan fingerprint density at radius 3 is 2.32 bits per heavy atom. The van der Waals surface area contributed by atoms with Gasteiger partial charge >= 0.3 is 5.97 Å². The molecule has 0 spiro atoms. The number of fused-ring (bicyclic) bond motifs is 2. The summed E-state index contributed by atoms with van der Waals surface area (Å²) in [7, 11) is 0. The molecule has 44 heavy (non-hydrogen) atoms. The number of rotatable bonds is 6. The first kappa shape index (κ1) is 29.6. The molecule has 5 aliphatic rings. The van der Waals surface area contributed by atoms with E-state index in [-0.39, 0.29) is 17.9 Å². The highest BCUT2D eigenvalue weighted by atomic mass is 16.4. The van der Waals surface area contributed by atoms with Crippen molar-refractivity contribution < 1.29 is 19.5 Å². The van der Waals surface area contributed by atoms with E-state index in [9.17, 15) is 19.5 Å². The molecule has 3 atom stereocenters. The van der Waals surface area contributed by atoms with Crippen LogP contribution in [0.15, 0.2) is 36.4 Å². The minimum atomic E-state index is -0.860. The Hall–Kier alpha value is -3.15. The number of nitrogens with zero attached hydrogens (tertiary/aromatic N) is 2. The molecule has 1 unspecified atom stereocenters. The Balaban J connectivity index is 1.10. The van der Waals surface area contributed by atoms with Crippen LogP contribution in [-0.2, 0) is 22.6 Å². The first-order valence-electron chi connectivity index (χ1n) is 17.4. The molecule has 2 aromatic carbocycles. The lowest BCUT2D eigenvalue weighted by Gasteiger charge is -2.42. The molecule has 1 N–H and O–H groups in total. The van der Waals surface area contributed by atoms with Gasteiger partial charge in [0.05, 0.1) is 17.9 Å². The topological polar surface area (TPSA) is 77.9 Å². The molecule has 0 bridgehead atoms. The van der Waals surface area contributed by atoms with Gasteiger partial charge in [-0.15, -0.1) is 0 Å². The van der Waals surface area contributed by atoms with E-state index in [4.69, 9.17) is 0 Å². The molecule has 2 aliphatic heterocycles. The Labute approximate surface area is 262 Å². The number of aliphatic carboxylic acids is 1. The second-order valence-corrected chi connectivity index (χ2v) is 14.5. The highest BCUT2D eigenvalue weighted by Crippen LogP contribution is 2.44. The zero-order valence-corrected chi connectivity index (χ0v) is 26.3. The Morgan fingerprint density at radius 2 is 1.57 bits per heavy atom. The number of carbonyl (C=O) groups excluding carboxylic acids is 2. The van der Waals surface area contributed by atoms with E-state index < -0.39 is 17.8 Å². The lowest BCUT2D eigenvalue weighted by Crippen LogP contribution is -2.49. The quantitative estimate of drug-likeness (QED) is 0.376. The van der Waals surface area contributed by atoms with Crippen LogP contribution in [0.5, 0.6) is 0 Å². The second-order valence-electron chi connectivity index (χ2n) is 14.5. The monoisotopic (exact) mass is 596 g/mol. The first-order chi connectivity index (χ1) is 21.4. The van der Waals surface area contributed by atoms with Crippen molar-refractivity contribution in [3.63, 3.8) is 0 Å². The normalized spacial score (nSPS) is 29.0.